The van der Waals surface area contributed by atoms with Crippen molar-refractivity contribution in [3.8, 4) is 0 Å². The third kappa shape index (κ3) is 3.06. The molecule has 1 aromatic rings. The average molecular weight is 255 g/mol. The van der Waals surface area contributed by atoms with Crippen LogP contribution < -0.4 is 4.72 Å². The van der Waals surface area contributed by atoms with Gasteiger partial charge in [0.25, 0.3) is 0 Å². The number of benzene rings is 1. The van der Waals surface area contributed by atoms with Gasteiger partial charge in [-0.3, -0.25) is 0 Å². The maximum absolute atomic E-state index is 11.8. The number of ether oxygens (including phenoxy) is 1. The van der Waals surface area contributed by atoms with Gasteiger partial charge in [-0.1, -0.05) is 24.3 Å². The van der Waals surface area contributed by atoms with Crippen molar-refractivity contribution in [3.05, 3.63) is 35.4 Å². The summed E-state index contributed by atoms with van der Waals surface area (Å²) in [5.41, 5.74) is 2.35. The van der Waals surface area contributed by atoms with Gasteiger partial charge in [0.2, 0.25) is 10.0 Å². The van der Waals surface area contributed by atoms with Gasteiger partial charge in [0.15, 0.2) is 0 Å². The van der Waals surface area contributed by atoms with Gasteiger partial charge in [0.05, 0.1) is 12.4 Å². The van der Waals surface area contributed by atoms with Gasteiger partial charge in [-0.15, -0.1) is 0 Å². The van der Waals surface area contributed by atoms with Crippen molar-refractivity contribution >= 4 is 10.0 Å². The second-order valence-corrected chi connectivity index (χ2v) is 6.09. The first-order chi connectivity index (χ1) is 8.12. The second kappa shape index (κ2) is 5.16. The van der Waals surface area contributed by atoms with Crippen LogP contribution in [-0.2, 0) is 21.2 Å². The lowest BCUT2D eigenvalue weighted by Gasteiger charge is -2.14. The highest BCUT2D eigenvalue weighted by atomic mass is 32.2. The van der Waals surface area contributed by atoms with Gasteiger partial charge in [-0.2, -0.15) is 0 Å². The second-order valence-electron chi connectivity index (χ2n) is 4.22. The molecule has 5 heteroatoms. The molecule has 0 unspecified atom stereocenters. The zero-order valence-corrected chi connectivity index (χ0v) is 10.7. The van der Waals surface area contributed by atoms with E-state index >= 15 is 0 Å². The number of sulfonamides is 1. The molecule has 1 N–H and O–H groups in total. The maximum atomic E-state index is 11.8. The summed E-state index contributed by atoms with van der Waals surface area (Å²) < 4.78 is 31.1. The van der Waals surface area contributed by atoms with Gasteiger partial charge in [-0.05, 0) is 24.0 Å². The van der Waals surface area contributed by atoms with E-state index in [0.717, 1.165) is 18.4 Å². The zero-order valence-electron chi connectivity index (χ0n) is 9.85. The molecule has 0 radical (unpaired) electrons. The fraction of sp³-hybridized carbons (Fsp3) is 0.500. The number of rotatable bonds is 5. The Hall–Kier alpha value is -0.910. The molecular weight excluding hydrogens is 238 g/mol. The minimum Gasteiger partial charge on any atom is -0.384 e. The Kier molecular flexibility index (Phi) is 3.81. The van der Waals surface area contributed by atoms with E-state index in [9.17, 15) is 8.42 Å². The van der Waals surface area contributed by atoms with Crippen molar-refractivity contribution in [2.45, 2.75) is 18.9 Å². The Balaban J connectivity index is 2.07. The summed E-state index contributed by atoms with van der Waals surface area (Å²) in [6.45, 7) is 0.226. The van der Waals surface area contributed by atoms with Gasteiger partial charge in [0, 0.05) is 13.2 Å². The molecule has 0 aromatic heterocycles. The Bertz CT molecular complexity index is 484. The molecule has 0 spiro atoms. The number of nitrogens with one attached hydrogen (secondary N) is 1. The number of hydrogen-bond acceptors (Lipinski definition) is 3. The van der Waals surface area contributed by atoms with Crippen molar-refractivity contribution in [1.29, 1.82) is 0 Å². The quantitative estimate of drug-likeness (QED) is 0.861. The van der Waals surface area contributed by atoms with E-state index in [1.807, 2.05) is 18.2 Å². The van der Waals surface area contributed by atoms with Gasteiger partial charge < -0.3 is 4.74 Å². The molecule has 0 saturated carbocycles. The highest BCUT2D eigenvalue weighted by Crippen LogP contribution is 2.31. The highest BCUT2D eigenvalue weighted by Gasteiger charge is 2.25. The first-order valence-corrected chi connectivity index (χ1v) is 7.34. The van der Waals surface area contributed by atoms with E-state index in [2.05, 4.69) is 10.8 Å². The topological polar surface area (TPSA) is 55.4 Å². The molecule has 1 aromatic carbocycles. The van der Waals surface area contributed by atoms with Crippen LogP contribution in [0.4, 0.5) is 0 Å². The molecule has 0 aliphatic heterocycles. The lowest BCUT2D eigenvalue weighted by molar-refractivity contribution is 0.216. The fourth-order valence-corrected chi connectivity index (χ4v) is 3.33. The minimum absolute atomic E-state index is 0.0160. The number of hydrogen-bond donors (Lipinski definition) is 1. The third-order valence-electron chi connectivity index (χ3n) is 3.01. The lowest BCUT2D eigenvalue weighted by atomic mass is 10.1. The van der Waals surface area contributed by atoms with Crippen LogP contribution in [0, 0.1) is 0 Å². The van der Waals surface area contributed by atoms with Crippen LogP contribution >= 0.6 is 0 Å². The zero-order chi connectivity index (χ0) is 12.3. The maximum Gasteiger partial charge on any atom is 0.214 e. The van der Waals surface area contributed by atoms with Crippen LogP contribution in [0.2, 0.25) is 0 Å². The molecule has 0 amide bonds. The summed E-state index contributed by atoms with van der Waals surface area (Å²) in [5, 5.41) is 0. The monoisotopic (exact) mass is 255 g/mol. The molecule has 94 valence electrons. The predicted molar refractivity (Wildman–Crippen MR) is 66.3 cm³/mol. The molecule has 1 atom stereocenters. The fourth-order valence-electron chi connectivity index (χ4n) is 2.15. The smallest absolute Gasteiger partial charge is 0.214 e. The molecule has 1 aliphatic carbocycles. The molecule has 2 rings (SSSR count). The van der Waals surface area contributed by atoms with Gasteiger partial charge in [-0.25, -0.2) is 13.1 Å². The van der Waals surface area contributed by atoms with E-state index < -0.39 is 10.0 Å². The summed E-state index contributed by atoms with van der Waals surface area (Å²) >= 11 is 0. The molecule has 4 nitrogen and oxygen atoms in total. The Morgan fingerprint density at radius 1 is 1.41 bits per heavy atom. The Morgan fingerprint density at radius 3 is 2.94 bits per heavy atom. The summed E-state index contributed by atoms with van der Waals surface area (Å²) in [4.78, 5) is 0. The molecule has 17 heavy (non-hydrogen) atoms. The van der Waals surface area contributed by atoms with Crippen LogP contribution in [0.15, 0.2) is 24.3 Å². The standard InChI is InChI=1S/C12H17NO3S/c1-16-8-9-17(14,15)13-12-7-6-10-4-2-3-5-11(10)12/h2-5,12-13H,6-9H2,1H3/t12-/m0/s1. The molecule has 0 fully saturated rings. The van der Waals surface area contributed by atoms with E-state index in [1.54, 1.807) is 0 Å². The molecule has 1 aliphatic rings. The average Bonchev–Trinajstić information content (AvgIpc) is 2.70. The number of fused-ring (bicyclic) bond motifs is 1. The largest absolute Gasteiger partial charge is 0.384 e. The summed E-state index contributed by atoms with van der Waals surface area (Å²) in [6, 6.07) is 7.90. The van der Waals surface area contributed by atoms with E-state index in [-0.39, 0.29) is 18.4 Å². The van der Waals surface area contributed by atoms with Crippen LogP contribution in [0.3, 0.4) is 0 Å². The van der Waals surface area contributed by atoms with Crippen LogP contribution in [0.25, 0.3) is 0 Å². The first-order valence-electron chi connectivity index (χ1n) is 5.69. The lowest BCUT2D eigenvalue weighted by Crippen LogP contribution is -2.31. The van der Waals surface area contributed by atoms with Crippen LogP contribution in [0.1, 0.15) is 23.6 Å². The van der Waals surface area contributed by atoms with Crippen molar-refractivity contribution in [2.24, 2.45) is 0 Å². The summed E-state index contributed by atoms with van der Waals surface area (Å²) in [6.07, 6.45) is 1.78. The molecule has 0 bridgehead atoms. The number of methoxy groups -OCH3 is 1. The van der Waals surface area contributed by atoms with Gasteiger partial charge in [0.1, 0.15) is 0 Å². The molecule has 0 saturated heterocycles. The van der Waals surface area contributed by atoms with E-state index in [1.165, 1.54) is 12.7 Å². The van der Waals surface area contributed by atoms with Crippen molar-refractivity contribution in [3.63, 3.8) is 0 Å². The van der Waals surface area contributed by atoms with Crippen molar-refractivity contribution in [1.82, 2.24) is 4.72 Å². The van der Waals surface area contributed by atoms with Crippen molar-refractivity contribution in [2.75, 3.05) is 19.5 Å². The third-order valence-corrected chi connectivity index (χ3v) is 4.36. The summed E-state index contributed by atoms with van der Waals surface area (Å²) in [5.74, 6) is 0.0160. The van der Waals surface area contributed by atoms with Crippen LogP contribution in [0.5, 0.6) is 0 Å². The highest BCUT2D eigenvalue weighted by molar-refractivity contribution is 7.89. The van der Waals surface area contributed by atoms with E-state index in [4.69, 9.17) is 4.74 Å². The normalized spacial score (nSPS) is 19.2. The molecular formula is C12H17NO3S. The first kappa shape index (κ1) is 12.5. The predicted octanol–water partition coefficient (Wildman–Crippen LogP) is 1.24. The molecule has 0 heterocycles. The summed E-state index contributed by atoms with van der Waals surface area (Å²) in [7, 11) is -1.74. The minimum atomic E-state index is -3.24. The van der Waals surface area contributed by atoms with Gasteiger partial charge >= 0.3 is 0 Å². The Morgan fingerprint density at radius 2 is 2.18 bits per heavy atom. The number of aryl methyl sites for hydroxylation is 1. The Labute approximate surface area is 102 Å². The SMILES string of the molecule is COCCS(=O)(=O)N[C@H]1CCc2ccccc21. The van der Waals surface area contributed by atoms with Crippen molar-refractivity contribution < 1.29 is 13.2 Å². The van der Waals surface area contributed by atoms with E-state index in [0.29, 0.717) is 0 Å². The van der Waals surface area contributed by atoms with Crippen LogP contribution in [-0.4, -0.2) is 27.9 Å².